The number of hydrogen-bond acceptors (Lipinski definition) is 7. The highest BCUT2D eigenvalue weighted by atomic mass is 19.1. The van der Waals surface area contributed by atoms with Gasteiger partial charge in [0.05, 0.1) is 29.5 Å². The van der Waals surface area contributed by atoms with Gasteiger partial charge in [-0.1, -0.05) is 12.8 Å². The summed E-state index contributed by atoms with van der Waals surface area (Å²) in [5.41, 5.74) is 11.6. The van der Waals surface area contributed by atoms with Gasteiger partial charge in [-0.2, -0.15) is 5.43 Å². The van der Waals surface area contributed by atoms with Gasteiger partial charge in [0, 0.05) is 30.9 Å². The van der Waals surface area contributed by atoms with E-state index in [2.05, 4.69) is 20.7 Å². The third kappa shape index (κ3) is 6.64. The molecule has 0 radical (unpaired) electrons. The number of allylic oxidation sites excluding steroid dienone is 5. The Bertz CT molecular complexity index is 1100. The minimum absolute atomic E-state index is 0.215. The summed E-state index contributed by atoms with van der Waals surface area (Å²) in [7, 11) is 0. The van der Waals surface area contributed by atoms with E-state index in [-0.39, 0.29) is 11.7 Å². The van der Waals surface area contributed by atoms with Crippen molar-refractivity contribution in [2.24, 2.45) is 16.6 Å². The second-order valence-corrected chi connectivity index (χ2v) is 9.06. The number of rotatable bonds is 9. The molecule has 3 heterocycles. The molecule has 0 aromatic carbocycles. The highest BCUT2D eigenvalue weighted by Gasteiger charge is 2.22. The predicted octanol–water partition coefficient (Wildman–Crippen LogP) is 3.85. The van der Waals surface area contributed by atoms with Gasteiger partial charge in [-0.15, -0.1) is 0 Å². The summed E-state index contributed by atoms with van der Waals surface area (Å²) >= 11 is 0. The van der Waals surface area contributed by atoms with E-state index >= 15 is 0 Å². The lowest BCUT2D eigenvalue weighted by atomic mass is 10.0. The quantitative estimate of drug-likeness (QED) is 0.366. The van der Waals surface area contributed by atoms with Crippen LogP contribution in [0, 0.1) is 12.8 Å². The average molecular weight is 481 g/mol. The fourth-order valence-electron chi connectivity index (χ4n) is 4.32. The first-order valence-corrected chi connectivity index (χ1v) is 12.1. The van der Waals surface area contributed by atoms with E-state index < -0.39 is 6.29 Å². The molecule has 1 fully saturated rings. The van der Waals surface area contributed by atoms with Gasteiger partial charge in [0.25, 0.3) is 5.91 Å². The third-order valence-electron chi connectivity index (χ3n) is 6.28. The largest absolute Gasteiger partial charge is 0.498 e. The lowest BCUT2D eigenvalue weighted by Gasteiger charge is -2.19. The molecule has 35 heavy (non-hydrogen) atoms. The van der Waals surface area contributed by atoms with Crippen LogP contribution in [0.1, 0.15) is 60.6 Å². The van der Waals surface area contributed by atoms with Crippen LogP contribution < -0.4 is 16.5 Å². The maximum absolute atomic E-state index is 13.3. The Morgan fingerprint density at radius 1 is 1.37 bits per heavy atom. The zero-order valence-electron chi connectivity index (χ0n) is 20.3. The number of ether oxygens (including phenoxy) is 1. The van der Waals surface area contributed by atoms with Gasteiger partial charge in [-0.25, -0.2) is 9.38 Å². The smallest absolute Gasteiger partial charge is 0.253 e. The summed E-state index contributed by atoms with van der Waals surface area (Å²) in [4.78, 5) is 21.7. The molecule has 1 aromatic heterocycles. The average Bonchev–Trinajstić information content (AvgIpc) is 3.48. The number of fused-ring (bicyclic) bond motifs is 1. The maximum Gasteiger partial charge on any atom is 0.253 e. The van der Waals surface area contributed by atoms with Gasteiger partial charge in [-0.05, 0) is 68.6 Å². The zero-order chi connectivity index (χ0) is 24.8. The first-order chi connectivity index (χ1) is 16.9. The van der Waals surface area contributed by atoms with Gasteiger partial charge in [-0.3, -0.25) is 20.5 Å². The highest BCUT2D eigenvalue weighted by Crippen LogP contribution is 2.26. The van der Waals surface area contributed by atoms with Crippen LogP contribution >= 0.6 is 0 Å². The van der Waals surface area contributed by atoms with Crippen molar-refractivity contribution in [3.8, 4) is 0 Å². The molecule has 186 valence electrons. The summed E-state index contributed by atoms with van der Waals surface area (Å²) in [5, 5.41) is 4.70. The van der Waals surface area contributed by atoms with Crippen molar-refractivity contribution in [2.45, 2.75) is 52.2 Å². The number of halogens is 1. The maximum atomic E-state index is 13.3. The predicted molar refractivity (Wildman–Crippen MR) is 134 cm³/mol. The van der Waals surface area contributed by atoms with E-state index in [0.717, 1.165) is 11.1 Å². The van der Waals surface area contributed by atoms with E-state index in [0.29, 0.717) is 48.3 Å². The van der Waals surface area contributed by atoms with Crippen molar-refractivity contribution in [2.75, 3.05) is 13.2 Å². The van der Waals surface area contributed by atoms with Crippen LogP contribution in [0.3, 0.4) is 0 Å². The van der Waals surface area contributed by atoms with Crippen molar-refractivity contribution in [3.05, 3.63) is 71.2 Å². The molecular formula is C26H33FN6O2. The Balaban J connectivity index is 1.38. The van der Waals surface area contributed by atoms with Crippen LogP contribution in [-0.4, -0.2) is 41.2 Å². The van der Waals surface area contributed by atoms with Crippen molar-refractivity contribution in [3.63, 3.8) is 0 Å². The van der Waals surface area contributed by atoms with Crippen LogP contribution in [0.2, 0.25) is 0 Å². The monoisotopic (exact) mass is 480 g/mol. The van der Waals surface area contributed by atoms with Crippen molar-refractivity contribution in [1.29, 1.82) is 0 Å². The molecule has 4 rings (SSSR count). The Morgan fingerprint density at radius 3 is 2.94 bits per heavy atom. The minimum atomic E-state index is -0.479. The number of amidine groups is 1. The lowest BCUT2D eigenvalue weighted by molar-refractivity contribution is 0.0949. The van der Waals surface area contributed by atoms with Crippen molar-refractivity contribution < 1.29 is 13.9 Å². The number of aliphatic imine (C=N–C) groups is 1. The number of hydrogen-bond donors (Lipinski definition) is 3. The summed E-state index contributed by atoms with van der Waals surface area (Å²) in [6.45, 7) is 4.21. The number of pyridine rings is 1. The Hall–Kier alpha value is -3.30. The Kier molecular flexibility index (Phi) is 8.09. The molecule has 0 bridgehead atoms. The number of amides is 1. The molecule has 0 saturated heterocycles. The van der Waals surface area contributed by atoms with E-state index in [9.17, 15) is 9.18 Å². The fraction of sp³-hybridized carbons (Fsp3) is 0.423. The molecule has 1 amide bonds. The van der Waals surface area contributed by atoms with E-state index in [1.165, 1.54) is 38.7 Å². The minimum Gasteiger partial charge on any atom is -0.498 e. The molecule has 4 N–H and O–H groups in total. The van der Waals surface area contributed by atoms with Crippen LogP contribution in [-0.2, 0) is 4.74 Å². The number of nitrogens with two attached hydrogens (primary N) is 1. The fourth-order valence-corrected chi connectivity index (χ4v) is 4.32. The summed E-state index contributed by atoms with van der Waals surface area (Å²) < 4.78 is 19.2. The standard InChI is InChI=1S/C26H33FN6O2/c1-17(27)7-8-22(35-16-19-5-3-4-6-19)9-11-29-25(34)23-13-21(15-30-18(23)2)20-10-12-33-24(14-20)31-26(28)32-33/h7-8,10,12-15,19,26,32H,3-6,9,11,16,28H2,1-2H3,(H,29,34)/b17-7+,22-8+. The van der Waals surface area contributed by atoms with Crippen molar-refractivity contribution in [1.82, 2.24) is 20.7 Å². The number of aromatic nitrogens is 1. The molecule has 1 atom stereocenters. The molecule has 0 spiro atoms. The topological polar surface area (TPSA) is 105 Å². The second-order valence-electron chi connectivity index (χ2n) is 9.06. The van der Waals surface area contributed by atoms with E-state index in [1.54, 1.807) is 24.2 Å². The first-order valence-electron chi connectivity index (χ1n) is 12.1. The summed E-state index contributed by atoms with van der Waals surface area (Å²) in [6, 6.07) is 1.83. The first kappa shape index (κ1) is 24.8. The number of nitrogens with one attached hydrogen (secondary N) is 2. The summed E-state index contributed by atoms with van der Waals surface area (Å²) in [5.74, 6) is 1.43. The van der Waals surface area contributed by atoms with Gasteiger partial charge >= 0.3 is 0 Å². The molecular weight excluding hydrogens is 447 g/mol. The number of nitrogens with zero attached hydrogens (tertiary/aromatic N) is 3. The molecule has 1 unspecified atom stereocenters. The zero-order valence-corrected chi connectivity index (χ0v) is 20.3. The lowest BCUT2D eigenvalue weighted by Crippen LogP contribution is -2.40. The second kappa shape index (κ2) is 11.4. The molecule has 1 aromatic rings. The number of aryl methyl sites for hydroxylation is 1. The van der Waals surface area contributed by atoms with Gasteiger partial charge in [0.15, 0.2) is 6.29 Å². The van der Waals surface area contributed by atoms with Crippen LogP contribution in [0.5, 0.6) is 0 Å². The third-order valence-corrected chi connectivity index (χ3v) is 6.28. The molecule has 3 aliphatic rings. The van der Waals surface area contributed by atoms with Crippen LogP contribution in [0.15, 0.2) is 59.3 Å². The van der Waals surface area contributed by atoms with E-state index in [1.807, 2.05) is 24.4 Å². The van der Waals surface area contributed by atoms with Crippen LogP contribution in [0.4, 0.5) is 4.39 Å². The molecule has 8 nitrogen and oxygen atoms in total. The van der Waals surface area contributed by atoms with Crippen LogP contribution in [0.25, 0.3) is 5.57 Å². The molecule has 9 heteroatoms. The summed E-state index contributed by atoms with van der Waals surface area (Å²) in [6.07, 6.45) is 15.3. The number of carbonyl (C=O) groups excluding carboxylic acids is 1. The molecule has 2 aliphatic heterocycles. The Morgan fingerprint density at radius 2 is 2.17 bits per heavy atom. The molecule has 1 saturated carbocycles. The van der Waals surface area contributed by atoms with Gasteiger partial charge in [0.2, 0.25) is 0 Å². The Labute approximate surface area is 205 Å². The van der Waals surface area contributed by atoms with Crippen molar-refractivity contribution >= 4 is 17.3 Å². The highest BCUT2D eigenvalue weighted by molar-refractivity contribution is 6.04. The van der Waals surface area contributed by atoms with Gasteiger partial charge in [0.1, 0.15) is 5.84 Å². The number of carbonyl (C=O) groups is 1. The SMILES string of the molecule is C/C(F)=C\C=C(/CCNC(=O)c1cc(C2=CC3=NC(N)NN3C=C2)cnc1C)OCC1CCCC1. The number of hydrazine groups is 1. The van der Waals surface area contributed by atoms with E-state index in [4.69, 9.17) is 10.5 Å². The van der Waals surface area contributed by atoms with Gasteiger partial charge < -0.3 is 10.1 Å². The molecule has 1 aliphatic carbocycles. The normalized spacial score (nSPS) is 20.6.